The van der Waals surface area contributed by atoms with Crippen LogP contribution < -0.4 is 10.2 Å². The highest BCUT2D eigenvalue weighted by Gasteiger charge is 2.28. The van der Waals surface area contributed by atoms with E-state index in [2.05, 4.69) is 20.4 Å². The van der Waals surface area contributed by atoms with Crippen molar-refractivity contribution in [3.63, 3.8) is 0 Å². The molecule has 2 aromatic heterocycles. The lowest BCUT2D eigenvalue weighted by Crippen LogP contribution is -2.43. The van der Waals surface area contributed by atoms with Gasteiger partial charge in [-0.25, -0.2) is 4.39 Å². The number of halogens is 2. The van der Waals surface area contributed by atoms with E-state index in [0.717, 1.165) is 24.9 Å². The third-order valence-electron chi connectivity index (χ3n) is 4.78. The summed E-state index contributed by atoms with van der Waals surface area (Å²) in [7, 11) is 0. The van der Waals surface area contributed by atoms with E-state index in [1.54, 1.807) is 24.4 Å². The fourth-order valence-electron chi connectivity index (χ4n) is 3.42. The molecular formula is C19H19ClFN5O. The summed E-state index contributed by atoms with van der Waals surface area (Å²) in [6, 6.07) is 9.84. The number of hydrogen-bond acceptors (Lipinski definition) is 4. The lowest BCUT2D eigenvalue weighted by Gasteiger charge is -2.32. The van der Waals surface area contributed by atoms with Gasteiger partial charge in [-0.3, -0.25) is 9.20 Å². The maximum atomic E-state index is 13.3. The lowest BCUT2D eigenvalue weighted by atomic mass is 9.97. The Balaban J connectivity index is 1.44. The second-order valence-electron chi connectivity index (χ2n) is 6.71. The third kappa shape index (κ3) is 3.88. The summed E-state index contributed by atoms with van der Waals surface area (Å²) in [5.41, 5.74) is 1.46. The Morgan fingerprint density at radius 1 is 1.30 bits per heavy atom. The molecule has 3 aromatic rings. The number of benzene rings is 1. The Morgan fingerprint density at radius 2 is 2.19 bits per heavy atom. The molecule has 1 amide bonds. The molecule has 1 saturated heterocycles. The molecule has 1 aromatic carbocycles. The van der Waals surface area contributed by atoms with E-state index < -0.39 is 0 Å². The van der Waals surface area contributed by atoms with E-state index in [4.69, 9.17) is 11.6 Å². The molecule has 0 bridgehead atoms. The van der Waals surface area contributed by atoms with Crippen molar-refractivity contribution in [1.82, 2.24) is 19.9 Å². The van der Waals surface area contributed by atoms with Crippen molar-refractivity contribution in [2.45, 2.75) is 19.4 Å². The van der Waals surface area contributed by atoms with E-state index in [1.807, 2.05) is 10.5 Å². The minimum absolute atomic E-state index is 0.0317. The fraction of sp³-hybridized carbons (Fsp3) is 0.316. The molecule has 0 saturated carbocycles. The quantitative estimate of drug-likeness (QED) is 0.747. The molecule has 0 aliphatic carbocycles. The predicted octanol–water partition coefficient (Wildman–Crippen LogP) is 3.05. The fourth-order valence-corrected chi connectivity index (χ4v) is 3.58. The number of pyridine rings is 1. The predicted molar refractivity (Wildman–Crippen MR) is 101 cm³/mol. The number of anilines is 1. The van der Waals surface area contributed by atoms with Crippen LogP contribution in [0.1, 0.15) is 18.4 Å². The topological polar surface area (TPSA) is 62.5 Å². The standard InChI is InChI=1S/C19H19ClFN5O/c20-15-6-7-17-23-24-19(26(17)12-15)25-8-2-4-14(11-25)18(27)22-10-13-3-1-5-16(21)9-13/h1,3,5-7,9,12,14H,2,4,8,10-11H2,(H,22,27)/t14-/m0/s1. The van der Waals surface area contributed by atoms with Crippen molar-refractivity contribution in [3.8, 4) is 0 Å². The van der Waals surface area contributed by atoms with Crippen LogP contribution in [0.5, 0.6) is 0 Å². The number of rotatable bonds is 4. The van der Waals surface area contributed by atoms with Crippen LogP contribution in [-0.4, -0.2) is 33.6 Å². The summed E-state index contributed by atoms with van der Waals surface area (Å²) in [5.74, 6) is 0.202. The minimum atomic E-state index is -0.303. The number of piperidine rings is 1. The molecule has 27 heavy (non-hydrogen) atoms. The number of nitrogens with one attached hydrogen (secondary N) is 1. The van der Waals surface area contributed by atoms with Gasteiger partial charge in [-0.1, -0.05) is 23.7 Å². The van der Waals surface area contributed by atoms with Gasteiger partial charge < -0.3 is 10.2 Å². The van der Waals surface area contributed by atoms with E-state index >= 15 is 0 Å². The number of carbonyl (C=O) groups excluding carboxylic acids is 1. The first-order chi connectivity index (χ1) is 13.1. The van der Waals surface area contributed by atoms with Gasteiger partial charge in [0.15, 0.2) is 5.65 Å². The monoisotopic (exact) mass is 387 g/mol. The molecule has 0 radical (unpaired) electrons. The highest BCUT2D eigenvalue weighted by Crippen LogP contribution is 2.23. The van der Waals surface area contributed by atoms with Gasteiger partial charge in [0.25, 0.3) is 0 Å². The van der Waals surface area contributed by atoms with Crippen LogP contribution in [0.25, 0.3) is 5.65 Å². The van der Waals surface area contributed by atoms with Gasteiger partial charge in [0.1, 0.15) is 5.82 Å². The van der Waals surface area contributed by atoms with Crippen molar-refractivity contribution in [2.75, 3.05) is 18.0 Å². The first-order valence-corrected chi connectivity index (χ1v) is 9.25. The van der Waals surface area contributed by atoms with E-state index in [1.165, 1.54) is 12.1 Å². The number of fused-ring (bicyclic) bond motifs is 1. The molecule has 1 fully saturated rings. The summed E-state index contributed by atoms with van der Waals surface area (Å²) in [5, 5.41) is 11.9. The lowest BCUT2D eigenvalue weighted by molar-refractivity contribution is -0.125. The molecular weight excluding hydrogens is 369 g/mol. The summed E-state index contributed by atoms with van der Waals surface area (Å²) < 4.78 is 15.1. The molecule has 6 nitrogen and oxygen atoms in total. The molecule has 140 valence electrons. The summed E-state index contributed by atoms with van der Waals surface area (Å²) in [6.07, 6.45) is 3.47. The SMILES string of the molecule is O=C(NCc1cccc(F)c1)[C@H]1CCCN(c2nnc3ccc(Cl)cn23)C1. The van der Waals surface area contributed by atoms with E-state index in [-0.39, 0.29) is 17.6 Å². The number of amides is 1. The van der Waals surface area contributed by atoms with Crippen molar-refractivity contribution in [3.05, 3.63) is 59.0 Å². The Kier molecular flexibility index (Phi) is 4.94. The van der Waals surface area contributed by atoms with Gasteiger partial charge in [0.05, 0.1) is 10.9 Å². The van der Waals surface area contributed by atoms with Gasteiger partial charge in [-0.05, 0) is 42.7 Å². The number of nitrogens with zero attached hydrogens (tertiary/aromatic N) is 4. The summed E-state index contributed by atoms with van der Waals surface area (Å²) in [4.78, 5) is 14.7. The zero-order chi connectivity index (χ0) is 18.8. The second-order valence-corrected chi connectivity index (χ2v) is 7.14. The summed E-state index contributed by atoms with van der Waals surface area (Å²) in [6.45, 7) is 1.68. The highest BCUT2D eigenvalue weighted by molar-refractivity contribution is 6.30. The van der Waals surface area contributed by atoms with Gasteiger partial charge in [-0.15, -0.1) is 10.2 Å². The van der Waals surface area contributed by atoms with Gasteiger partial charge in [0, 0.05) is 25.8 Å². The smallest absolute Gasteiger partial charge is 0.231 e. The Hall–Kier alpha value is -2.67. The molecule has 1 atom stereocenters. The normalized spacial score (nSPS) is 17.3. The van der Waals surface area contributed by atoms with Crippen LogP contribution in [0.3, 0.4) is 0 Å². The van der Waals surface area contributed by atoms with Crippen LogP contribution in [0.4, 0.5) is 10.3 Å². The molecule has 8 heteroatoms. The number of hydrogen-bond donors (Lipinski definition) is 1. The zero-order valence-electron chi connectivity index (χ0n) is 14.6. The van der Waals surface area contributed by atoms with Crippen LogP contribution in [-0.2, 0) is 11.3 Å². The van der Waals surface area contributed by atoms with Crippen molar-refractivity contribution < 1.29 is 9.18 Å². The number of aromatic nitrogens is 3. The maximum Gasteiger partial charge on any atom is 0.231 e. The summed E-state index contributed by atoms with van der Waals surface area (Å²) >= 11 is 6.09. The largest absolute Gasteiger partial charge is 0.352 e. The Morgan fingerprint density at radius 3 is 3.04 bits per heavy atom. The highest BCUT2D eigenvalue weighted by atomic mass is 35.5. The van der Waals surface area contributed by atoms with Crippen molar-refractivity contribution >= 4 is 29.1 Å². The Bertz CT molecular complexity index is 976. The van der Waals surface area contributed by atoms with Crippen LogP contribution in [0.15, 0.2) is 42.6 Å². The molecule has 0 spiro atoms. The van der Waals surface area contributed by atoms with Gasteiger partial charge in [0.2, 0.25) is 11.9 Å². The minimum Gasteiger partial charge on any atom is -0.352 e. The Labute approximate surface area is 161 Å². The second kappa shape index (κ2) is 7.52. The molecule has 4 rings (SSSR count). The molecule has 1 aliphatic heterocycles. The van der Waals surface area contributed by atoms with Gasteiger partial charge in [-0.2, -0.15) is 0 Å². The zero-order valence-corrected chi connectivity index (χ0v) is 15.4. The molecule has 0 unspecified atom stereocenters. The third-order valence-corrected chi connectivity index (χ3v) is 5.00. The number of carbonyl (C=O) groups is 1. The van der Waals surface area contributed by atoms with E-state index in [0.29, 0.717) is 29.7 Å². The van der Waals surface area contributed by atoms with Crippen LogP contribution in [0, 0.1) is 11.7 Å². The average molecular weight is 388 g/mol. The molecule has 1 aliphatic rings. The molecule has 1 N–H and O–H groups in total. The maximum absolute atomic E-state index is 13.3. The first-order valence-electron chi connectivity index (χ1n) is 8.87. The first kappa shape index (κ1) is 17.7. The van der Waals surface area contributed by atoms with Crippen LogP contribution >= 0.6 is 11.6 Å². The van der Waals surface area contributed by atoms with Crippen molar-refractivity contribution in [1.29, 1.82) is 0 Å². The van der Waals surface area contributed by atoms with E-state index in [9.17, 15) is 9.18 Å². The van der Waals surface area contributed by atoms with Gasteiger partial charge >= 0.3 is 0 Å². The molecule has 3 heterocycles. The van der Waals surface area contributed by atoms with Crippen molar-refractivity contribution in [2.24, 2.45) is 5.92 Å². The van der Waals surface area contributed by atoms with Crippen LogP contribution in [0.2, 0.25) is 5.02 Å². The average Bonchev–Trinajstić information content (AvgIpc) is 3.09.